The van der Waals surface area contributed by atoms with Crippen LogP contribution in [0.4, 0.5) is 5.88 Å². The first-order valence-corrected chi connectivity index (χ1v) is 7.14. The van der Waals surface area contributed by atoms with Crippen molar-refractivity contribution in [3.8, 4) is 11.1 Å². The lowest BCUT2D eigenvalue weighted by Gasteiger charge is -2.04. The van der Waals surface area contributed by atoms with Crippen molar-refractivity contribution in [2.24, 2.45) is 11.8 Å². The summed E-state index contributed by atoms with van der Waals surface area (Å²) >= 11 is 6.07. The van der Waals surface area contributed by atoms with Gasteiger partial charge in [-0.15, -0.1) is 0 Å². The summed E-state index contributed by atoms with van der Waals surface area (Å²) in [5.41, 5.74) is 8.96. The smallest absolute Gasteiger partial charge is 0.230 e. The fraction of sp³-hybridized carbons (Fsp3) is 0.400. The van der Waals surface area contributed by atoms with E-state index in [1.54, 1.807) is 0 Å². The van der Waals surface area contributed by atoms with Crippen LogP contribution in [0.3, 0.4) is 0 Å². The molecule has 19 heavy (non-hydrogen) atoms. The van der Waals surface area contributed by atoms with E-state index in [1.807, 2.05) is 24.3 Å². The van der Waals surface area contributed by atoms with Crippen molar-refractivity contribution in [1.29, 1.82) is 0 Å². The number of anilines is 1. The Morgan fingerprint density at radius 2 is 2.05 bits per heavy atom. The number of halogens is 1. The Morgan fingerprint density at radius 3 is 2.79 bits per heavy atom. The molecule has 4 heteroatoms. The number of nitrogens with two attached hydrogens (primary N) is 1. The van der Waals surface area contributed by atoms with Crippen LogP contribution in [0.1, 0.15) is 30.9 Å². The maximum atomic E-state index is 6.07. The van der Waals surface area contributed by atoms with E-state index in [2.05, 4.69) is 5.16 Å². The molecule has 2 aliphatic carbocycles. The van der Waals surface area contributed by atoms with E-state index in [-0.39, 0.29) is 0 Å². The van der Waals surface area contributed by atoms with Gasteiger partial charge in [0.2, 0.25) is 5.88 Å². The SMILES string of the molecule is Nc1onc(C2C3CCCC32)c1-c1cccc(Cl)c1. The zero-order valence-corrected chi connectivity index (χ0v) is 11.2. The van der Waals surface area contributed by atoms with Crippen molar-refractivity contribution in [2.45, 2.75) is 25.2 Å². The van der Waals surface area contributed by atoms with Crippen molar-refractivity contribution in [2.75, 3.05) is 5.73 Å². The van der Waals surface area contributed by atoms with E-state index in [0.717, 1.165) is 28.7 Å². The Bertz CT molecular complexity index is 627. The average Bonchev–Trinajstić information content (AvgIpc) is 2.78. The minimum atomic E-state index is 0.405. The third kappa shape index (κ3) is 1.68. The van der Waals surface area contributed by atoms with Gasteiger partial charge in [0.15, 0.2) is 0 Å². The topological polar surface area (TPSA) is 52.0 Å². The second-order valence-electron chi connectivity index (χ2n) is 5.60. The van der Waals surface area contributed by atoms with E-state index >= 15 is 0 Å². The summed E-state index contributed by atoms with van der Waals surface area (Å²) in [6, 6.07) is 7.73. The summed E-state index contributed by atoms with van der Waals surface area (Å²) in [5.74, 6) is 2.54. The molecule has 4 rings (SSSR count). The molecular weight excluding hydrogens is 260 g/mol. The van der Waals surface area contributed by atoms with E-state index in [0.29, 0.717) is 16.8 Å². The summed E-state index contributed by atoms with van der Waals surface area (Å²) in [4.78, 5) is 0. The minimum absolute atomic E-state index is 0.405. The molecule has 2 aromatic rings. The lowest BCUT2D eigenvalue weighted by Crippen LogP contribution is -1.93. The summed E-state index contributed by atoms with van der Waals surface area (Å²) < 4.78 is 5.24. The van der Waals surface area contributed by atoms with Crippen LogP contribution in [-0.4, -0.2) is 5.16 Å². The van der Waals surface area contributed by atoms with Crippen LogP contribution in [0.15, 0.2) is 28.8 Å². The maximum absolute atomic E-state index is 6.07. The highest BCUT2D eigenvalue weighted by molar-refractivity contribution is 6.30. The van der Waals surface area contributed by atoms with Gasteiger partial charge in [0, 0.05) is 10.9 Å². The highest BCUT2D eigenvalue weighted by atomic mass is 35.5. The first-order valence-electron chi connectivity index (χ1n) is 6.76. The number of benzene rings is 1. The van der Waals surface area contributed by atoms with Gasteiger partial charge in [-0.2, -0.15) is 0 Å². The molecule has 98 valence electrons. The largest absolute Gasteiger partial charge is 0.367 e. The molecule has 0 amide bonds. The predicted molar refractivity (Wildman–Crippen MR) is 74.9 cm³/mol. The molecule has 2 fully saturated rings. The van der Waals surface area contributed by atoms with E-state index < -0.39 is 0 Å². The molecule has 2 saturated carbocycles. The first kappa shape index (κ1) is 11.4. The third-order valence-corrected chi connectivity index (χ3v) is 4.82. The molecule has 1 aromatic carbocycles. The number of rotatable bonds is 2. The Labute approximate surface area is 116 Å². The molecule has 1 heterocycles. The molecular formula is C15H15ClN2O. The first-order chi connectivity index (χ1) is 9.25. The van der Waals surface area contributed by atoms with Crippen LogP contribution in [0.5, 0.6) is 0 Å². The summed E-state index contributed by atoms with van der Waals surface area (Å²) in [5, 5.41) is 4.93. The number of hydrogen-bond acceptors (Lipinski definition) is 3. The average molecular weight is 275 g/mol. The highest BCUT2D eigenvalue weighted by Gasteiger charge is 2.55. The van der Waals surface area contributed by atoms with Crippen LogP contribution in [-0.2, 0) is 0 Å². The van der Waals surface area contributed by atoms with Crippen LogP contribution in [0.2, 0.25) is 5.02 Å². The lowest BCUT2D eigenvalue weighted by atomic mass is 10.00. The van der Waals surface area contributed by atoms with Gasteiger partial charge < -0.3 is 10.3 Å². The molecule has 0 bridgehead atoms. The Hall–Kier alpha value is -1.48. The fourth-order valence-corrected chi connectivity index (χ4v) is 3.89. The second kappa shape index (κ2) is 4.01. The van der Waals surface area contributed by atoms with Gasteiger partial charge in [0.1, 0.15) is 0 Å². The molecule has 0 aliphatic heterocycles. The van der Waals surface area contributed by atoms with Crippen molar-refractivity contribution in [3.63, 3.8) is 0 Å². The standard InChI is InChI=1S/C15H15ClN2O/c16-9-4-1-3-8(7-9)12-14(18-19-15(12)17)13-10-5-2-6-11(10)13/h1,3-4,7,10-11,13H,2,5-6,17H2. The minimum Gasteiger partial charge on any atom is -0.367 e. The quantitative estimate of drug-likeness (QED) is 0.897. The number of nitrogens with zero attached hydrogens (tertiary/aromatic N) is 1. The molecule has 2 aliphatic rings. The van der Waals surface area contributed by atoms with Crippen LogP contribution in [0.25, 0.3) is 11.1 Å². The fourth-order valence-electron chi connectivity index (χ4n) is 3.70. The van der Waals surface area contributed by atoms with Crippen LogP contribution in [0, 0.1) is 11.8 Å². The normalized spacial score (nSPS) is 28.4. The summed E-state index contributed by atoms with van der Waals surface area (Å²) in [6.45, 7) is 0. The number of hydrogen-bond donors (Lipinski definition) is 1. The monoisotopic (exact) mass is 274 g/mol. The number of nitrogen functional groups attached to an aromatic ring is 1. The number of fused-ring (bicyclic) bond motifs is 1. The van der Waals surface area contributed by atoms with E-state index in [9.17, 15) is 0 Å². The summed E-state index contributed by atoms with van der Waals surface area (Å²) in [6.07, 6.45) is 3.99. The predicted octanol–water partition coefficient (Wildman–Crippen LogP) is 4.09. The van der Waals surface area contributed by atoms with Gasteiger partial charge in [-0.1, -0.05) is 35.3 Å². The van der Waals surface area contributed by atoms with Crippen molar-refractivity contribution in [3.05, 3.63) is 35.0 Å². The molecule has 0 saturated heterocycles. The van der Waals surface area contributed by atoms with Gasteiger partial charge in [0.25, 0.3) is 0 Å². The molecule has 0 spiro atoms. The molecule has 3 nitrogen and oxygen atoms in total. The van der Waals surface area contributed by atoms with Gasteiger partial charge in [-0.25, -0.2) is 0 Å². The Balaban J connectivity index is 1.78. The zero-order chi connectivity index (χ0) is 13.0. The van der Waals surface area contributed by atoms with Crippen molar-refractivity contribution < 1.29 is 4.52 Å². The lowest BCUT2D eigenvalue weighted by molar-refractivity contribution is 0.424. The van der Waals surface area contributed by atoms with Crippen molar-refractivity contribution >= 4 is 17.5 Å². The van der Waals surface area contributed by atoms with Crippen LogP contribution < -0.4 is 5.73 Å². The second-order valence-corrected chi connectivity index (χ2v) is 6.04. The van der Waals surface area contributed by atoms with E-state index in [1.165, 1.54) is 19.3 Å². The van der Waals surface area contributed by atoms with Gasteiger partial charge in [-0.05, 0) is 42.4 Å². The molecule has 0 radical (unpaired) electrons. The Morgan fingerprint density at radius 1 is 1.26 bits per heavy atom. The summed E-state index contributed by atoms with van der Waals surface area (Å²) in [7, 11) is 0. The van der Waals surface area contributed by atoms with Gasteiger partial charge in [-0.3, -0.25) is 0 Å². The molecule has 2 N–H and O–H groups in total. The van der Waals surface area contributed by atoms with E-state index in [4.69, 9.17) is 21.9 Å². The highest BCUT2D eigenvalue weighted by Crippen LogP contribution is 2.64. The molecule has 1 aromatic heterocycles. The zero-order valence-electron chi connectivity index (χ0n) is 10.5. The van der Waals surface area contributed by atoms with Gasteiger partial charge in [0.05, 0.1) is 11.3 Å². The molecule has 2 unspecified atom stereocenters. The third-order valence-electron chi connectivity index (χ3n) is 4.58. The van der Waals surface area contributed by atoms with Gasteiger partial charge >= 0.3 is 0 Å². The van der Waals surface area contributed by atoms with Crippen LogP contribution >= 0.6 is 11.6 Å². The maximum Gasteiger partial charge on any atom is 0.230 e. The Kier molecular flexibility index (Phi) is 2.39. The molecule has 2 atom stereocenters. The van der Waals surface area contributed by atoms with Crippen molar-refractivity contribution in [1.82, 2.24) is 5.16 Å². The number of aromatic nitrogens is 1.